The monoisotopic (exact) mass is 794 g/mol. The van der Waals surface area contributed by atoms with Gasteiger partial charge in [-0.25, -0.2) is 8.42 Å². The number of rotatable bonds is 13. The molecule has 0 bridgehead atoms. The Balaban J connectivity index is 1.21. The number of aliphatic imine (C=N–C) groups is 1. The molecule has 1 saturated heterocycles. The van der Waals surface area contributed by atoms with Crippen molar-refractivity contribution in [2.75, 3.05) is 40.5 Å². The van der Waals surface area contributed by atoms with E-state index in [4.69, 9.17) is 0 Å². The fourth-order valence-electron chi connectivity index (χ4n) is 8.43. The molecular formula is C43H54N8O5S. The largest absolute Gasteiger partial charge is 0.383 e. The molecule has 4 N–H and O–H groups in total. The summed E-state index contributed by atoms with van der Waals surface area (Å²) < 4.78 is 29.6. The van der Waals surface area contributed by atoms with Gasteiger partial charge < -0.3 is 20.9 Å². The Hall–Kier alpha value is -5.34. The number of aryl methyl sites for hydroxylation is 1. The van der Waals surface area contributed by atoms with Crippen molar-refractivity contribution >= 4 is 68.6 Å². The number of piperidine rings is 1. The third kappa shape index (κ3) is 9.62. The lowest BCUT2D eigenvalue weighted by atomic mass is 9.86. The first-order valence-electron chi connectivity index (χ1n) is 19.7. The van der Waals surface area contributed by atoms with Crippen molar-refractivity contribution in [1.82, 2.24) is 14.6 Å². The molecule has 0 spiro atoms. The number of amides is 3. The van der Waals surface area contributed by atoms with Crippen LogP contribution in [-0.2, 0) is 30.2 Å². The molecule has 0 saturated carbocycles. The van der Waals surface area contributed by atoms with E-state index in [2.05, 4.69) is 31.2 Å². The van der Waals surface area contributed by atoms with Crippen LogP contribution in [-0.4, -0.2) is 80.0 Å². The van der Waals surface area contributed by atoms with E-state index in [9.17, 15) is 22.8 Å². The molecule has 6 rings (SSSR count). The first-order chi connectivity index (χ1) is 27.5. The zero-order chi connectivity index (χ0) is 40.6. The first kappa shape index (κ1) is 41.3. The van der Waals surface area contributed by atoms with Gasteiger partial charge in [0, 0.05) is 42.3 Å². The van der Waals surface area contributed by atoms with Crippen molar-refractivity contribution in [2.45, 2.75) is 95.5 Å². The van der Waals surface area contributed by atoms with Gasteiger partial charge in [0.15, 0.2) is 0 Å². The maximum Gasteiger partial charge on any atom is 0.249 e. The highest BCUT2D eigenvalue weighted by molar-refractivity contribution is 7.88. The molecule has 3 heterocycles. The van der Waals surface area contributed by atoms with Gasteiger partial charge in [-0.3, -0.25) is 29.7 Å². The van der Waals surface area contributed by atoms with E-state index in [-0.39, 0.29) is 17.7 Å². The summed E-state index contributed by atoms with van der Waals surface area (Å²) in [5.41, 5.74) is 5.00. The number of benzene rings is 3. The Morgan fingerprint density at radius 2 is 1.86 bits per heavy atom. The van der Waals surface area contributed by atoms with Crippen molar-refractivity contribution in [3.63, 3.8) is 0 Å². The number of hydrogen-bond donors (Lipinski definition) is 4. The van der Waals surface area contributed by atoms with Crippen LogP contribution in [0.25, 0.3) is 10.8 Å². The van der Waals surface area contributed by atoms with E-state index < -0.39 is 27.5 Å². The van der Waals surface area contributed by atoms with Gasteiger partial charge in [-0.2, -0.15) is 4.31 Å². The van der Waals surface area contributed by atoms with E-state index in [0.29, 0.717) is 75.2 Å². The molecule has 1 aromatic heterocycles. The second-order valence-electron chi connectivity index (χ2n) is 15.6. The van der Waals surface area contributed by atoms with Gasteiger partial charge in [0.2, 0.25) is 28.8 Å². The number of para-hydroxylation sites is 1. The Bertz CT molecular complexity index is 2200. The number of hydrogen-bond acceptors (Lipinski definition) is 10. The van der Waals surface area contributed by atoms with Gasteiger partial charge >= 0.3 is 0 Å². The van der Waals surface area contributed by atoms with Gasteiger partial charge in [-0.15, -0.1) is 0 Å². The van der Waals surface area contributed by atoms with E-state index >= 15 is 0 Å². The van der Waals surface area contributed by atoms with Crippen molar-refractivity contribution in [1.29, 1.82) is 0 Å². The van der Waals surface area contributed by atoms with Gasteiger partial charge in [0.05, 0.1) is 35.3 Å². The third-order valence-corrected chi connectivity index (χ3v) is 13.1. The number of nitrogens with zero attached hydrogens (tertiary/aromatic N) is 4. The van der Waals surface area contributed by atoms with Gasteiger partial charge in [0.1, 0.15) is 11.8 Å². The maximum absolute atomic E-state index is 14.0. The summed E-state index contributed by atoms with van der Waals surface area (Å²) in [4.78, 5) is 47.4. The Morgan fingerprint density at radius 1 is 1.05 bits per heavy atom. The average Bonchev–Trinajstić information content (AvgIpc) is 3.22. The number of sulfonamides is 1. The lowest BCUT2D eigenvalue weighted by molar-refractivity contribution is -0.127. The molecule has 3 aromatic carbocycles. The summed E-state index contributed by atoms with van der Waals surface area (Å²) in [6, 6.07) is 21.1. The molecule has 3 atom stereocenters. The van der Waals surface area contributed by atoms with Crippen LogP contribution in [0.2, 0.25) is 0 Å². The van der Waals surface area contributed by atoms with E-state index in [1.165, 1.54) is 4.90 Å². The topological polar surface area (TPSA) is 165 Å². The standard InChI is InChI=1S/C43H54N8O5S/c1-5-10-40(42(54)48-28-52)50(29-53)39-16-15-35(36-14-9-11-30(2)41(36)39)31-17-20-44-27-47-38-25-46-34(23-37(38)45-21-18-31)26-57(55,56)51-22-19-33(24-43(51,3)4)49-32-12-7-6-8-13-32/h6-9,11-16,23,25,27-29,31,33,40,45,49H,5,10,17-22,24,26H2,1-4H3,(H,44,47)(H,48,52,54). The molecular weight excluding hydrogens is 741 g/mol. The second-order valence-corrected chi connectivity index (χ2v) is 17.5. The highest BCUT2D eigenvalue weighted by Gasteiger charge is 2.41. The number of imide groups is 1. The smallest absolute Gasteiger partial charge is 0.249 e. The number of anilines is 4. The van der Waals surface area contributed by atoms with Gasteiger partial charge in [-0.1, -0.05) is 55.8 Å². The molecule has 13 nitrogen and oxygen atoms in total. The van der Waals surface area contributed by atoms with E-state index in [1.54, 1.807) is 16.8 Å². The van der Waals surface area contributed by atoms with E-state index in [0.717, 1.165) is 46.1 Å². The number of pyridine rings is 1. The fraction of sp³-hybridized carbons (Fsp3) is 0.419. The summed E-state index contributed by atoms with van der Waals surface area (Å²) >= 11 is 0. The van der Waals surface area contributed by atoms with Crippen LogP contribution in [0, 0.1) is 6.92 Å². The summed E-state index contributed by atoms with van der Waals surface area (Å²) in [6.45, 7) is 9.46. The summed E-state index contributed by atoms with van der Waals surface area (Å²) in [5.74, 6) is -0.667. The quantitative estimate of drug-likeness (QED) is 0.110. The van der Waals surface area contributed by atoms with Crippen LogP contribution < -0.4 is 26.2 Å². The third-order valence-electron chi connectivity index (χ3n) is 11.1. The Morgan fingerprint density at radius 3 is 2.60 bits per heavy atom. The Kier molecular flexibility index (Phi) is 13.2. The molecule has 2 aliphatic rings. The normalized spacial score (nSPS) is 19.2. The van der Waals surface area contributed by atoms with Crippen LogP contribution in [0.4, 0.5) is 22.7 Å². The summed E-state index contributed by atoms with van der Waals surface area (Å²) in [5, 5.41) is 14.4. The SMILES string of the molecule is CCCC(C(=O)NC=O)N(C=O)c1ccc(C2CCN=CNc3cnc(CS(=O)(=O)N4CCC(Nc5ccccc5)CC4(C)C)cc3NCC2)c2cccc(C)c12. The number of carbonyl (C=O) groups excluding carboxylic acids is 3. The van der Waals surface area contributed by atoms with Crippen molar-refractivity contribution in [3.8, 4) is 0 Å². The first-order valence-corrected chi connectivity index (χ1v) is 21.4. The van der Waals surface area contributed by atoms with Gasteiger partial charge in [-0.05, 0) is 99.6 Å². The zero-order valence-electron chi connectivity index (χ0n) is 33.2. The van der Waals surface area contributed by atoms with Crippen molar-refractivity contribution < 1.29 is 22.8 Å². The predicted octanol–water partition coefficient (Wildman–Crippen LogP) is 6.56. The molecule has 3 amide bonds. The molecule has 3 unspecified atom stereocenters. The molecule has 57 heavy (non-hydrogen) atoms. The molecule has 4 aromatic rings. The van der Waals surface area contributed by atoms with Gasteiger partial charge in [0.25, 0.3) is 0 Å². The van der Waals surface area contributed by atoms with Crippen LogP contribution in [0.3, 0.4) is 0 Å². The molecule has 14 heteroatoms. The molecule has 0 radical (unpaired) electrons. The number of aromatic nitrogens is 1. The minimum Gasteiger partial charge on any atom is -0.383 e. The molecule has 0 aliphatic carbocycles. The zero-order valence-corrected chi connectivity index (χ0v) is 34.0. The average molecular weight is 795 g/mol. The lowest BCUT2D eigenvalue weighted by Gasteiger charge is -2.44. The fourth-order valence-corrected chi connectivity index (χ4v) is 10.3. The van der Waals surface area contributed by atoms with Crippen LogP contribution in [0.5, 0.6) is 0 Å². The molecule has 302 valence electrons. The molecule has 1 fully saturated rings. The number of carbonyl (C=O) groups is 3. The minimum absolute atomic E-state index is 0.0762. The number of nitrogens with one attached hydrogen (secondary N) is 4. The lowest BCUT2D eigenvalue weighted by Crippen LogP contribution is -2.55. The maximum atomic E-state index is 14.0. The van der Waals surface area contributed by atoms with E-state index in [1.807, 2.05) is 94.4 Å². The molecule has 2 aliphatic heterocycles. The Labute approximate surface area is 335 Å². The predicted molar refractivity (Wildman–Crippen MR) is 228 cm³/mol. The van der Waals surface area contributed by atoms with Crippen LogP contribution >= 0.6 is 0 Å². The second kappa shape index (κ2) is 18.3. The highest BCUT2D eigenvalue weighted by atomic mass is 32.2. The highest BCUT2D eigenvalue weighted by Crippen LogP contribution is 2.39. The van der Waals surface area contributed by atoms with Crippen LogP contribution in [0.1, 0.15) is 82.0 Å². The number of fused-ring (bicyclic) bond motifs is 2. The summed E-state index contributed by atoms with van der Waals surface area (Å²) in [6.07, 6.45) is 8.24. The van der Waals surface area contributed by atoms with Crippen LogP contribution in [0.15, 0.2) is 77.9 Å². The van der Waals surface area contributed by atoms with Crippen molar-refractivity contribution in [3.05, 3.63) is 89.7 Å². The minimum atomic E-state index is -3.69. The summed E-state index contributed by atoms with van der Waals surface area (Å²) in [7, 11) is -3.69. The van der Waals surface area contributed by atoms with Crippen molar-refractivity contribution in [2.24, 2.45) is 4.99 Å².